The first-order valence-electron chi connectivity index (χ1n) is 3.00. The summed E-state index contributed by atoms with van der Waals surface area (Å²) in [6.07, 6.45) is 0.991. The zero-order valence-corrected chi connectivity index (χ0v) is 5.09. The fourth-order valence-corrected chi connectivity index (χ4v) is 0.909. The minimum absolute atomic E-state index is 0.0228. The smallest absolute Gasteiger partial charge is 0.150 e. The Morgan fingerprint density at radius 3 is 2.44 bits per heavy atom. The van der Waals surface area contributed by atoms with E-state index in [2.05, 4.69) is 0 Å². The average molecular weight is 127 g/mol. The zero-order chi connectivity index (χ0) is 6.85. The summed E-state index contributed by atoms with van der Waals surface area (Å²) in [6.45, 7) is 0. The molecule has 50 valence electrons. The molecular formula is C6H9NO2. The van der Waals surface area contributed by atoms with Gasteiger partial charge in [-0.05, 0) is 0 Å². The van der Waals surface area contributed by atoms with Crippen LogP contribution >= 0.6 is 0 Å². The van der Waals surface area contributed by atoms with E-state index in [4.69, 9.17) is 5.73 Å². The monoisotopic (exact) mass is 127 g/mol. The number of hydrogen-bond acceptors (Lipinski definition) is 3. The molecule has 0 saturated heterocycles. The van der Waals surface area contributed by atoms with Crippen LogP contribution in [0, 0.1) is 0 Å². The number of Topliss-reactive ketones (excluding diaryl/α,β-unsaturated/α-hetero) is 2. The molecule has 1 rings (SSSR count). The zero-order valence-electron chi connectivity index (χ0n) is 5.09. The summed E-state index contributed by atoms with van der Waals surface area (Å²) in [5, 5.41) is 0. The van der Waals surface area contributed by atoms with E-state index in [1.165, 1.54) is 0 Å². The van der Waals surface area contributed by atoms with Gasteiger partial charge in [0.1, 0.15) is 11.6 Å². The van der Waals surface area contributed by atoms with Crippen molar-refractivity contribution in [3.8, 4) is 0 Å². The van der Waals surface area contributed by atoms with Gasteiger partial charge in [-0.1, -0.05) is 0 Å². The van der Waals surface area contributed by atoms with Crippen LogP contribution in [0.5, 0.6) is 0 Å². The van der Waals surface area contributed by atoms with Crippen molar-refractivity contribution in [2.75, 3.05) is 0 Å². The largest absolute Gasteiger partial charge is 0.321 e. The van der Waals surface area contributed by atoms with Crippen molar-refractivity contribution >= 4 is 11.6 Å². The number of ketones is 2. The maximum Gasteiger partial charge on any atom is 0.150 e. The standard InChI is InChI=1S/C6H9NO2/c7-5-3-4(8)1-2-6(5)9/h5H,1-3,7H2/t5-/m0/s1. The van der Waals surface area contributed by atoms with Crippen LogP contribution in [0.15, 0.2) is 0 Å². The SMILES string of the molecule is N[C@H]1CC(=O)CCC1=O. The van der Waals surface area contributed by atoms with E-state index in [0.29, 0.717) is 12.8 Å². The van der Waals surface area contributed by atoms with E-state index in [1.807, 2.05) is 0 Å². The van der Waals surface area contributed by atoms with Crippen molar-refractivity contribution < 1.29 is 9.59 Å². The van der Waals surface area contributed by atoms with Crippen molar-refractivity contribution in [2.24, 2.45) is 5.73 Å². The number of nitrogens with two attached hydrogens (primary N) is 1. The van der Waals surface area contributed by atoms with Crippen molar-refractivity contribution in [3.63, 3.8) is 0 Å². The van der Waals surface area contributed by atoms with Gasteiger partial charge in [0.2, 0.25) is 0 Å². The van der Waals surface area contributed by atoms with E-state index in [1.54, 1.807) is 0 Å². The number of carbonyl (C=O) groups excluding carboxylic acids is 2. The molecule has 3 nitrogen and oxygen atoms in total. The molecule has 0 aromatic heterocycles. The van der Waals surface area contributed by atoms with Crippen LogP contribution in [0.1, 0.15) is 19.3 Å². The number of carbonyl (C=O) groups is 2. The predicted molar refractivity (Wildman–Crippen MR) is 31.8 cm³/mol. The third-order valence-corrected chi connectivity index (χ3v) is 1.51. The number of rotatable bonds is 0. The van der Waals surface area contributed by atoms with Crippen molar-refractivity contribution in [1.29, 1.82) is 0 Å². The lowest BCUT2D eigenvalue weighted by atomic mass is 9.94. The van der Waals surface area contributed by atoms with Gasteiger partial charge >= 0.3 is 0 Å². The molecule has 0 aromatic rings. The molecule has 0 heterocycles. The lowest BCUT2D eigenvalue weighted by Gasteiger charge is -2.13. The van der Waals surface area contributed by atoms with Crippen molar-refractivity contribution in [2.45, 2.75) is 25.3 Å². The van der Waals surface area contributed by atoms with E-state index >= 15 is 0 Å². The third-order valence-electron chi connectivity index (χ3n) is 1.51. The molecule has 9 heavy (non-hydrogen) atoms. The molecule has 1 aliphatic rings. The molecule has 1 aliphatic carbocycles. The molecule has 0 aliphatic heterocycles. The van der Waals surface area contributed by atoms with E-state index in [-0.39, 0.29) is 18.0 Å². The van der Waals surface area contributed by atoms with Gasteiger partial charge in [-0.15, -0.1) is 0 Å². The molecule has 1 atom stereocenters. The van der Waals surface area contributed by atoms with Crippen LogP contribution in [0.4, 0.5) is 0 Å². The Kier molecular flexibility index (Phi) is 1.62. The molecule has 1 saturated carbocycles. The predicted octanol–water partition coefficient (Wildman–Crippen LogP) is -0.364. The second kappa shape index (κ2) is 2.27. The molecule has 0 radical (unpaired) electrons. The second-order valence-electron chi connectivity index (χ2n) is 2.32. The summed E-state index contributed by atoms with van der Waals surface area (Å²) in [4.78, 5) is 21.2. The van der Waals surface area contributed by atoms with Gasteiger partial charge < -0.3 is 5.73 Å². The highest BCUT2D eigenvalue weighted by Crippen LogP contribution is 2.08. The fraction of sp³-hybridized carbons (Fsp3) is 0.667. The van der Waals surface area contributed by atoms with Gasteiger partial charge in [0.05, 0.1) is 6.04 Å². The van der Waals surface area contributed by atoms with Crippen LogP contribution in [0.3, 0.4) is 0 Å². The Bertz CT molecular complexity index is 153. The van der Waals surface area contributed by atoms with Gasteiger partial charge in [0.15, 0.2) is 0 Å². The first-order chi connectivity index (χ1) is 4.20. The molecule has 0 aromatic carbocycles. The molecule has 0 spiro atoms. The van der Waals surface area contributed by atoms with Gasteiger partial charge in [-0.3, -0.25) is 9.59 Å². The van der Waals surface area contributed by atoms with Gasteiger partial charge in [-0.2, -0.15) is 0 Å². The van der Waals surface area contributed by atoms with Crippen LogP contribution in [0.25, 0.3) is 0 Å². The Hall–Kier alpha value is -0.700. The van der Waals surface area contributed by atoms with Gasteiger partial charge in [-0.25, -0.2) is 0 Å². The highest BCUT2D eigenvalue weighted by molar-refractivity contribution is 5.96. The first kappa shape index (κ1) is 6.42. The molecular weight excluding hydrogens is 118 g/mol. The number of hydrogen-bond donors (Lipinski definition) is 1. The Morgan fingerprint density at radius 1 is 1.33 bits per heavy atom. The molecule has 0 bridgehead atoms. The lowest BCUT2D eigenvalue weighted by Crippen LogP contribution is -2.36. The Balaban J connectivity index is 2.54. The maximum atomic E-state index is 10.7. The van der Waals surface area contributed by atoms with Crippen LogP contribution in [-0.4, -0.2) is 17.6 Å². The summed E-state index contributed by atoms with van der Waals surface area (Å²) in [5.74, 6) is 0.136. The summed E-state index contributed by atoms with van der Waals surface area (Å²) in [7, 11) is 0. The third kappa shape index (κ3) is 1.36. The summed E-state index contributed by atoms with van der Waals surface area (Å²) in [6, 6.07) is -0.508. The molecule has 0 unspecified atom stereocenters. The lowest BCUT2D eigenvalue weighted by molar-refractivity contribution is -0.130. The van der Waals surface area contributed by atoms with E-state index < -0.39 is 6.04 Å². The molecule has 0 amide bonds. The minimum Gasteiger partial charge on any atom is -0.321 e. The van der Waals surface area contributed by atoms with Crippen LogP contribution in [-0.2, 0) is 9.59 Å². The quantitative estimate of drug-likeness (QED) is 0.483. The van der Waals surface area contributed by atoms with Crippen LogP contribution < -0.4 is 5.73 Å². The van der Waals surface area contributed by atoms with Gasteiger partial charge in [0.25, 0.3) is 0 Å². The molecule has 1 fully saturated rings. The van der Waals surface area contributed by atoms with Crippen LogP contribution in [0.2, 0.25) is 0 Å². The Labute approximate surface area is 53.2 Å². The van der Waals surface area contributed by atoms with Crippen molar-refractivity contribution in [3.05, 3.63) is 0 Å². The summed E-state index contributed by atoms with van der Waals surface area (Å²) in [5.41, 5.74) is 5.30. The summed E-state index contributed by atoms with van der Waals surface area (Å²) >= 11 is 0. The maximum absolute atomic E-state index is 10.7. The minimum atomic E-state index is -0.508. The Morgan fingerprint density at radius 2 is 2.00 bits per heavy atom. The normalized spacial score (nSPS) is 28.8. The molecule has 2 N–H and O–H groups in total. The highest BCUT2D eigenvalue weighted by atomic mass is 16.1. The first-order valence-corrected chi connectivity index (χ1v) is 3.00. The van der Waals surface area contributed by atoms with E-state index in [9.17, 15) is 9.59 Å². The average Bonchev–Trinajstić information content (AvgIpc) is 1.80. The molecule has 3 heteroatoms. The van der Waals surface area contributed by atoms with Gasteiger partial charge in [0, 0.05) is 19.3 Å². The second-order valence-corrected chi connectivity index (χ2v) is 2.32. The fourth-order valence-electron chi connectivity index (χ4n) is 0.909. The van der Waals surface area contributed by atoms with E-state index in [0.717, 1.165) is 0 Å². The topological polar surface area (TPSA) is 60.2 Å². The highest BCUT2D eigenvalue weighted by Gasteiger charge is 2.22. The summed E-state index contributed by atoms with van der Waals surface area (Å²) < 4.78 is 0. The van der Waals surface area contributed by atoms with Crippen molar-refractivity contribution in [1.82, 2.24) is 0 Å².